The first-order chi connectivity index (χ1) is 7.90. The van der Waals surface area contributed by atoms with E-state index in [9.17, 15) is 9.59 Å². The van der Waals surface area contributed by atoms with Crippen molar-refractivity contribution in [2.24, 2.45) is 0 Å². The molecule has 0 saturated carbocycles. The maximum absolute atomic E-state index is 11.0. The minimum Gasteiger partial charge on any atom is -0.481 e. The molecule has 0 aliphatic carbocycles. The number of aromatic nitrogens is 2. The lowest BCUT2D eigenvalue weighted by atomic mass is 10.1. The predicted octanol–water partition coefficient (Wildman–Crippen LogP) is 1.12. The second-order valence-corrected chi connectivity index (χ2v) is 4.20. The highest BCUT2D eigenvalue weighted by molar-refractivity contribution is 5.75. The number of carbonyl (C=O) groups is 2. The zero-order chi connectivity index (χ0) is 13.0. The SMILES string of the molecule is CC(=O)N[C@@H](CC(=O)O)c1cnn(C(C)C)c1. The molecule has 0 aromatic carbocycles. The molecular weight excluding hydrogens is 222 g/mol. The van der Waals surface area contributed by atoms with Gasteiger partial charge in [0, 0.05) is 24.7 Å². The highest BCUT2D eigenvalue weighted by atomic mass is 16.4. The smallest absolute Gasteiger partial charge is 0.305 e. The van der Waals surface area contributed by atoms with Gasteiger partial charge in [-0.3, -0.25) is 14.3 Å². The predicted molar refractivity (Wildman–Crippen MR) is 61.4 cm³/mol. The molecule has 1 aromatic rings. The average Bonchev–Trinajstić information content (AvgIpc) is 2.63. The number of carbonyl (C=O) groups excluding carboxylic acids is 1. The Hall–Kier alpha value is -1.85. The van der Waals surface area contributed by atoms with Crippen molar-refractivity contribution in [3.8, 4) is 0 Å². The molecule has 0 aliphatic rings. The van der Waals surface area contributed by atoms with Crippen LogP contribution in [0.25, 0.3) is 0 Å². The average molecular weight is 239 g/mol. The van der Waals surface area contributed by atoms with Gasteiger partial charge in [0.25, 0.3) is 0 Å². The van der Waals surface area contributed by atoms with Gasteiger partial charge in [0.2, 0.25) is 5.91 Å². The fraction of sp³-hybridized carbons (Fsp3) is 0.545. The fourth-order valence-corrected chi connectivity index (χ4v) is 1.49. The van der Waals surface area contributed by atoms with Crippen molar-refractivity contribution in [3.05, 3.63) is 18.0 Å². The Bertz CT molecular complexity index is 396. The van der Waals surface area contributed by atoms with Gasteiger partial charge >= 0.3 is 5.97 Å². The number of carboxylic acids is 1. The number of nitrogens with zero attached hydrogens (tertiary/aromatic N) is 2. The lowest BCUT2D eigenvalue weighted by molar-refractivity contribution is -0.137. The van der Waals surface area contributed by atoms with Crippen molar-refractivity contribution in [1.82, 2.24) is 15.1 Å². The number of aliphatic carboxylic acids is 1. The maximum atomic E-state index is 11.0. The number of hydrogen-bond donors (Lipinski definition) is 2. The summed E-state index contributed by atoms with van der Waals surface area (Å²) < 4.78 is 1.73. The number of nitrogens with one attached hydrogen (secondary N) is 1. The Balaban J connectivity index is 2.87. The van der Waals surface area contributed by atoms with Crippen LogP contribution in [0.15, 0.2) is 12.4 Å². The van der Waals surface area contributed by atoms with Gasteiger partial charge in [-0.25, -0.2) is 0 Å². The number of carboxylic acid groups (broad SMARTS) is 1. The van der Waals surface area contributed by atoms with Crippen molar-refractivity contribution < 1.29 is 14.7 Å². The Morgan fingerprint density at radius 3 is 2.59 bits per heavy atom. The third kappa shape index (κ3) is 3.90. The molecule has 0 aliphatic heterocycles. The van der Waals surface area contributed by atoms with Crippen molar-refractivity contribution in [3.63, 3.8) is 0 Å². The van der Waals surface area contributed by atoms with E-state index in [1.807, 2.05) is 13.8 Å². The molecule has 1 aromatic heterocycles. The van der Waals surface area contributed by atoms with E-state index in [0.29, 0.717) is 5.56 Å². The van der Waals surface area contributed by atoms with Crippen molar-refractivity contribution >= 4 is 11.9 Å². The van der Waals surface area contributed by atoms with E-state index in [0.717, 1.165) is 0 Å². The topological polar surface area (TPSA) is 84.2 Å². The lowest BCUT2D eigenvalue weighted by Gasteiger charge is -2.13. The summed E-state index contributed by atoms with van der Waals surface area (Å²) in [5, 5.41) is 15.5. The maximum Gasteiger partial charge on any atom is 0.305 e. The van der Waals surface area contributed by atoms with E-state index < -0.39 is 12.0 Å². The fourth-order valence-electron chi connectivity index (χ4n) is 1.49. The Morgan fingerprint density at radius 2 is 2.18 bits per heavy atom. The molecule has 1 atom stereocenters. The Kier molecular flexibility index (Phi) is 4.25. The molecule has 1 heterocycles. The van der Waals surface area contributed by atoms with Crippen LogP contribution in [-0.2, 0) is 9.59 Å². The Labute approximate surface area is 99.6 Å². The third-order valence-electron chi connectivity index (χ3n) is 2.31. The van der Waals surface area contributed by atoms with Gasteiger partial charge < -0.3 is 10.4 Å². The molecule has 2 N–H and O–H groups in total. The summed E-state index contributed by atoms with van der Waals surface area (Å²) in [5.41, 5.74) is 0.705. The van der Waals surface area contributed by atoms with Gasteiger partial charge in [-0.2, -0.15) is 5.10 Å². The minimum atomic E-state index is -0.957. The van der Waals surface area contributed by atoms with Crippen LogP contribution in [-0.4, -0.2) is 26.8 Å². The van der Waals surface area contributed by atoms with Crippen LogP contribution >= 0.6 is 0 Å². The molecule has 94 valence electrons. The zero-order valence-electron chi connectivity index (χ0n) is 10.2. The summed E-state index contributed by atoms with van der Waals surface area (Å²) in [5.74, 6) is -1.21. The highest BCUT2D eigenvalue weighted by Crippen LogP contribution is 2.17. The first-order valence-electron chi connectivity index (χ1n) is 5.43. The van der Waals surface area contributed by atoms with Crippen LogP contribution in [0.4, 0.5) is 0 Å². The molecule has 1 rings (SSSR count). The quantitative estimate of drug-likeness (QED) is 0.806. The zero-order valence-corrected chi connectivity index (χ0v) is 10.2. The van der Waals surface area contributed by atoms with Gasteiger partial charge in [-0.05, 0) is 13.8 Å². The van der Waals surface area contributed by atoms with E-state index >= 15 is 0 Å². The van der Waals surface area contributed by atoms with Crippen molar-refractivity contribution in [2.45, 2.75) is 39.3 Å². The molecule has 0 fully saturated rings. The summed E-state index contributed by atoms with van der Waals surface area (Å²) in [6.45, 7) is 5.31. The molecule has 0 unspecified atom stereocenters. The number of rotatable bonds is 5. The van der Waals surface area contributed by atoms with E-state index in [-0.39, 0.29) is 18.4 Å². The highest BCUT2D eigenvalue weighted by Gasteiger charge is 2.18. The molecule has 0 bridgehead atoms. The van der Waals surface area contributed by atoms with Gasteiger partial charge in [0.1, 0.15) is 0 Å². The minimum absolute atomic E-state index is 0.149. The molecule has 17 heavy (non-hydrogen) atoms. The summed E-state index contributed by atoms with van der Waals surface area (Å²) in [7, 11) is 0. The monoisotopic (exact) mass is 239 g/mol. The van der Waals surface area contributed by atoms with Crippen LogP contribution in [0.1, 0.15) is 44.8 Å². The molecular formula is C11H17N3O3. The van der Waals surface area contributed by atoms with Crippen LogP contribution in [0.2, 0.25) is 0 Å². The van der Waals surface area contributed by atoms with E-state index in [4.69, 9.17) is 5.11 Å². The molecule has 6 heteroatoms. The Morgan fingerprint density at radius 1 is 1.53 bits per heavy atom. The molecule has 0 spiro atoms. The molecule has 0 radical (unpaired) electrons. The molecule has 1 amide bonds. The summed E-state index contributed by atoms with van der Waals surface area (Å²) in [6, 6.07) is -0.330. The van der Waals surface area contributed by atoms with Crippen LogP contribution in [0.3, 0.4) is 0 Å². The van der Waals surface area contributed by atoms with Gasteiger partial charge in [0.15, 0.2) is 0 Å². The van der Waals surface area contributed by atoms with E-state index in [2.05, 4.69) is 10.4 Å². The van der Waals surface area contributed by atoms with Crippen LogP contribution < -0.4 is 5.32 Å². The number of amides is 1. The van der Waals surface area contributed by atoms with Gasteiger partial charge in [-0.15, -0.1) is 0 Å². The van der Waals surface area contributed by atoms with Crippen LogP contribution in [0, 0.1) is 0 Å². The molecule has 6 nitrogen and oxygen atoms in total. The number of hydrogen-bond acceptors (Lipinski definition) is 3. The van der Waals surface area contributed by atoms with E-state index in [1.165, 1.54) is 6.92 Å². The summed E-state index contributed by atoms with van der Waals surface area (Å²) in [6.07, 6.45) is 3.20. The normalized spacial score (nSPS) is 12.5. The first-order valence-corrected chi connectivity index (χ1v) is 5.43. The van der Waals surface area contributed by atoms with Crippen molar-refractivity contribution in [2.75, 3.05) is 0 Å². The van der Waals surface area contributed by atoms with Crippen LogP contribution in [0.5, 0.6) is 0 Å². The largest absolute Gasteiger partial charge is 0.481 e. The lowest BCUT2D eigenvalue weighted by Crippen LogP contribution is -2.27. The molecule has 0 saturated heterocycles. The standard InChI is InChI=1S/C11H17N3O3/c1-7(2)14-6-9(5-12-14)10(4-11(16)17)13-8(3)15/h5-7,10H,4H2,1-3H3,(H,13,15)(H,16,17)/t10-/m0/s1. The van der Waals surface area contributed by atoms with Gasteiger partial charge in [0.05, 0.1) is 18.7 Å². The second-order valence-electron chi connectivity index (χ2n) is 4.20. The summed E-state index contributed by atoms with van der Waals surface area (Å²) >= 11 is 0. The first kappa shape index (κ1) is 13.2. The van der Waals surface area contributed by atoms with E-state index in [1.54, 1.807) is 17.1 Å². The third-order valence-corrected chi connectivity index (χ3v) is 2.31. The van der Waals surface area contributed by atoms with Crippen molar-refractivity contribution in [1.29, 1.82) is 0 Å². The summed E-state index contributed by atoms with van der Waals surface area (Å²) in [4.78, 5) is 21.7. The second kappa shape index (κ2) is 5.47. The van der Waals surface area contributed by atoms with Gasteiger partial charge in [-0.1, -0.05) is 0 Å².